The molecule has 0 aromatic heterocycles. The van der Waals surface area contributed by atoms with Gasteiger partial charge in [-0.05, 0) is 0 Å². The van der Waals surface area contributed by atoms with Gasteiger partial charge in [0.05, 0.1) is 0 Å². The van der Waals surface area contributed by atoms with E-state index in [-0.39, 0.29) is 18.4 Å². The molecule has 0 amide bonds. The maximum absolute atomic E-state index is 2.30. The number of hydrogen-bond acceptors (Lipinski definition) is 0. The number of hydrogen-bond donors (Lipinski definition) is 0. The third kappa shape index (κ3) is 2.60. The summed E-state index contributed by atoms with van der Waals surface area (Å²) in [5, 5.41) is 0. The van der Waals surface area contributed by atoms with Gasteiger partial charge >= 0.3 is 78.4 Å². The topological polar surface area (TPSA) is 0 Å². The van der Waals surface area contributed by atoms with E-state index in [9.17, 15) is 0 Å². The summed E-state index contributed by atoms with van der Waals surface area (Å²) in [6.45, 7) is 2.15. The van der Waals surface area contributed by atoms with Gasteiger partial charge in [0.1, 0.15) is 0 Å². The second kappa shape index (κ2) is 3.99. The number of rotatable bonds is 1. The van der Waals surface area contributed by atoms with E-state index in [2.05, 4.69) is 31.2 Å². The fourth-order valence-electron chi connectivity index (χ4n) is 0.650. The van der Waals surface area contributed by atoms with E-state index in [1.54, 1.807) is 3.27 Å². The Kier molecular flexibility index (Phi) is 3.58. The van der Waals surface area contributed by atoms with Crippen LogP contribution in [-0.4, -0.2) is 38.4 Å². The molecule has 0 heterocycles. The van der Waals surface area contributed by atoms with Gasteiger partial charge in [-0.25, -0.2) is 0 Å². The van der Waals surface area contributed by atoms with Crippen molar-refractivity contribution in [3.05, 3.63) is 29.8 Å². The molecule has 0 N–H and O–H groups in total. The monoisotopic (exact) mass is 512 g/mol. The van der Waals surface area contributed by atoms with Crippen LogP contribution in [0, 0.1) is 6.92 Å². The second-order valence-corrected chi connectivity index (χ2v) is 15.2. The van der Waals surface area contributed by atoms with Crippen molar-refractivity contribution < 1.29 is 0 Å². The molecule has 0 aliphatic carbocycles. The maximum atomic E-state index is 2.30. The van der Waals surface area contributed by atoms with Gasteiger partial charge < -0.3 is 0 Å². The third-order valence-electron chi connectivity index (χ3n) is 1.22. The van der Waals surface area contributed by atoms with Gasteiger partial charge in [0.15, 0.2) is 0 Å². The Morgan fingerprint density at radius 3 is 2.22 bits per heavy atom. The van der Waals surface area contributed by atoms with Crippen LogP contribution in [0.15, 0.2) is 24.3 Å². The molecular weight excluding hydrogens is 502 g/mol. The molecular formula is C7H10Bi2. The average molecular weight is 512 g/mol. The van der Waals surface area contributed by atoms with Crippen LogP contribution in [0.2, 0.25) is 0 Å². The van der Waals surface area contributed by atoms with Crippen molar-refractivity contribution in [2.45, 2.75) is 6.92 Å². The van der Waals surface area contributed by atoms with Gasteiger partial charge in [-0.1, -0.05) is 0 Å². The van der Waals surface area contributed by atoms with E-state index in [1.807, 2.05) is 0 Å². The van der Waals surface area contributed by atoms with Crippen LogP contribution in [0.5, 0.6) is 0 Å². The fourth-order valence-corrected chi connectivity index (χ4v) is 8.61. The van der Waals surface area contributed by atoms with Crippen molar-refractivity contribution in [1.82, 2.24) is 0 Å². The Labute approximate surface area is 77.5 Å². The fraction of sp³-hybridized carbons (Fsp3) is 0.143. The second-order valence-electron chi connectivity index (χ2n) is 2.01. The molecule has 1 rings (SSSR count). The summed E-state index contributed by atoms with van der Waals surface area (Å²) in [5.41, 5.74) is 1.39. The predicted octanol–water partition coefficient (Wildman–Crippen LogP) is -0.395. The SMILES string of the molecule is Cc1cc[c]([BiH][BiH2])cc1. The van der Waals surface area contributed by atoms with Crippen LogP contribution in [0.1, 0.15) is 5.56 Å². The van der Waals surface area contributed by atoms with Crippen molar-refractivity contribution in [1.29, 1.82) is 0 Å². The molecule has 0 bridgehead atoms. The summed E-state index contributed by atoms with van der Waals surface area (Å²) < 4.78 is 1.69. The first kappa shape index (κ1) is 8.09. The zero-order valence-electron chi connectivity index (χ0n) is 5.39. The zero-order chi connectivity index (χ0) is 6.69. The molecule has 48 valence electrons. The summed E-state index contributed by atoms with van der Waals surface area (Å²) in [4.78, 5) is 0. The van der Waals surface area contributed by atoms with Crippen LogP contribution in [0.3, 0.4) is 0 Å². The molecule has 0 radical (unpaired) electrons. The van der Waals surface area contributed by atoms with E-state index in [0.717, 1.165) is 0 Å². The molecule has 1 aromatic rings. The molecule has 1 aromatic carbocycles. The molecule has 9 heavy (non-hydrogen) atoms. The first-order chi connectivity index (χ1) is 4.33. The quantitative estimate of drug-likeness (QED) is 0.450. The molecule has 0 saturated heterocycles. The Morgan fingerprint density at radius 2 is 1.78 bits per heavy atom. The Bertz CT molecular complexity index is 179. The van der Waals surface area contributed by atoms with Crippen LogP contribution < -0.4 is 3.27 Å². The minimum absolute atomic E-state index is 0.184. The summed E-state index contributed by atoms with van der Waals surface area (Å²) in [6, 6.07) is 9.06. The molecule has 0 nitrogen and oxygen atoms in total. The van der Waals surface area contributed by atoms with Gasteiger partial charge in [0.25, 0.3) is 0 Å². The van der Waals surface area contributed by atoms with Crippen molar-refractivity contribution in [3.8, 4) is 0 Å². The number of benzene rings is 1. The first-order valence-corrected chi connectivity index (χ1v) is 26.7. The number of aryl methyl sites for hydroxylation is 1. The normalized spacial score (nSPS) is 9.56. The van der Waals surface area contributed by atoms with Crippen LogP contribution in [0.4, 0.5) is 0 Å². The zero-order valence-corrected chi connectivity index (χ0v) is 13.8. The predicted molar refractivity (Wildman–Crippen MR) is 46.5 cm³/mol. The summed E-state index contributed by atoms with van der Waals surface area (Å²) in [5.74, 6) is 0. The Balaban J connectivity index is 2.88. The molecule has 2 heteroatoms. The summed E-state index contributed by atoms with van der Waals surface area (Å²) >= 11 is 1.11. The van der Waals surface area contributed by atoms with Gasteiger partial charge in [0, 0.05) is 0 Å². The van der Waals surface area contributed by atoms with E-state index in [1.165, 1.54) is 25.5 Å². The van der Waals surface area contributed by atoms with Gasteiger partial charge in [-0.3, -0.25) is 0 Å². The Hall–Kier alpha value is 0.986. The molecule has 0 aliphatic rings. The summed E-state index contributed by atoms with van der Waals surface area (Å²) in [7, 11) is 0. The van der Waals surface area contributed by atoms with Crippen LogP contribution in [-0.2, 0) is 0 Å². The van der Waals surface area contributed by atoms with Gasteiger partial charge in [-0.2, -0.15) is 0 Å². The summed E-state index contributed by atoms with van der Waals surface area (Å²) in [6.07, 6.45) is 0. The van der Waals surface area contributed by atoms with Crippen molar-refractivity contribution >= 4 is 41.6 Å². The van der Waals surface area contributed by atoms with Crippen molar-refractivity contribution in [3.63, 3.8) is 0 Å². The van der Waals surface area contributed by atoms with Crippen molar-refractivity contribution in [2.75, 3.05) is 0 Å². The molecule has 0 fully saturated rings. The molecule has 0 unspecified atom stereocenters. The first-order valence-electron chi connectivity index (χ1n) is 2.86. The van der Waals surface area contributed by atoms with E-state index in [4.69, 9.17) is 0 Å². The Morgan fingerprint density at radius 1 is 1.22 bits per heavy atom. The minimum atomic E-state index is -0.184. The standard InChI is InChI=1S/C7H7.2Bi.3H/c1-7-5-3-2-4-6-7;;;;;/h3-6H,1H3;;;;;. The third-order valence-corrected chi connectivity index (χ3v) is 15.2. The van der Waals surface area contributed by atoms with Crippen molar-refractivity contribution in [2.24, 2.45) is 0 Å². The van der Waals surface area contributed by atoms with E-state index in [0.29, 0.717) is 0 Å². The molecule has 0 spiro atoms. The van der Waals surface area contributed by atoms with Gasteiger partial charge in [-0.15, -0.1) is 0 Å². The average Bonchev–Trinajstić information content (AvgIpc) is 1.90. The van der Waals surface area contributed by atoms with E-state index >= 15 is 0 Å². The van der Waals surface area contributed by atoms with Gasteiger partial charge in [0.2, 0.25) is 0 Å². The molecule has 0 atom stereocenters. The van der Waals surface area contributed by atoms with Crippen LogP contribution in [0.25, 0.3) is 0 Å². The molecule has 0 saturated carbocycles. The van der Waals surface area contributed by atoms with Crippen LogP contribution >= 0.6 is 0 Å². The molecule has 0 aliphatic heterocycles. The van der Waals surface area contributed by atoms with E-state index < -0.39 is 0 Å².